The molecule has 4 rings (SSSR count). The maximum Gasteiger partial charge on any atom is 0.415 e. The Morgan fingerprint density at radius 2 is 2.04 bits per heavy atom. The number of ether oxygens (including phenoxy) is 1. The van der Waals surface area contributed by atoms with Crippen LogP contribution in [0.15, 0.2) is 54.9 Å². The number of cyclic esters (lactones) is 1. The first-order valence-corrected chi connectivity index (χ1v) is 8.76. The van der Waals surface area contributed by atoms with Gasteiger partial charge in [0, 0.05) is 28.7 Å². The van der Waals surface area contributed by atoms with Crippen molar-refractivity contribution in [3.05, 3.63) is 59.9 Å². The average molecular weight is 382 g/mol. The van der Waals surface area contributed by atoms with Crippen molar-refractivity contribution in [1.82, 2.24) is 15.0 Å². The molecule has 136 valence electrons. The Kier molecular flexibility index (Phi) is 4.60. The Bertz CT molecular complexity index is 997. The molecule has 3 aromatic rings. The summed E-state index contributed by atoms with van der Waals surface area (Å²) in [6.45, 7) is 2.32. The Morgan fingerprint density at radius 1 is 1.19 bits per heavy atom. The smallest absolute Gasteiger partial charge is 0.415 e. The minimum Gasteiger partial charge on any atom is -0.444 e. The van der Waals surface area contributed by atoms with Gasteiger partial charge >= 0.3 is 6.09 Å². The second-order valence-electron chi connectivity index (χ2n) is 6.11. The van der Waals surface area contributed by atoms with Gasteiger partial charge in [-0.1, -0.05) is 17.7 Å². The predicted octanol–water partition coefficient (Wildman–Crippen LogP) is 4.28. The normalized spacial score (nSPS) is 16.3. The molecule has 1 saturated heterocycles. The zero-order valence-electron chi connectivity index (χ0n) is 14.5. The van der Waals surface area contributed by atoms with Crippen molar-refractivity contribution in [3.8, 4) is 11.3 Å². The van der Waals surface area contributed by atoms with E-state index in [1.54, 1.807) is 30.6 Å². The van der Waals surface area contributed by atoms with E-state index in [4.69, 9.17) is 16.3 Å². The summed E-state index contributed by atoms with van der Waals surface area (Å²) in [5, 5.41) is 3.76. The number of hydrogen-bond donors (Lipinski definition) is 1. The minimum absolute atomic E-state index is 0.157. The van der Waals surface area contributed by atoms with Crippen molar-refractivity contribution in [2.45, 2.75) is 13.0 Å². The maximum atomic E-state index is 11.9. The number of aromatic nitrogens is 3. The molecule has 0 bridgehead atoms. The summed E-state index contributed by atoms with van der Waals surface area (Å²) in [5.41, 5.74) is 2.33. The molecule has 0 spiro atoms. The second kappa shape index (κ2) is 7.20. The van der Waals surface area contributed by atoms with E-state index >= 15 is 0 Å². The van der Waals surface area contributed by atoms with Gasteiger partial charge in [0.25, 0.3) is 0 Å². The SMILES string of the molecule is CC1CN(c2cc(-c3ccnc(Nc4cccc(Cl)c4)n3)ccn2)C(=O)O1. The number of carbonyl (C=O) groups is 1. The number of pyridine rings is 1. The van der Waals surface area contributed by atoms with E-state index in [1.165, 1.54) is 4.90 Å². The monoisotopic (exact) mass is 381 g/mol. The summed E-state index contributed by atoms with van der Waals surface area (Å²) in [6, 6.07) is 12.8. The van der Waals surface area contributed by atoms with Crippen LogP contribution in [0, 0.1) is 0 Å². The van der Waals surface area contributed by atoms with Crippen molar-refractivity contribution in [1.29, 1.82) is 0 Å². The fraction of sp³-hybridized carbons (Fsp3) is 0.158. The highest BCUT2D eigenvalue weighted by Crippen LogP contribution is 2.25. The van der Waals surface area contributed by atoms with Crippen molar-refractivity contribution in [3.63, 3.8) is 0 Å². The van der Waals surface area contributed by atoms with Gasteiger partial charge in [0.15, 0.2) is 0 Å². The molecule has 1 aliphatic rings. The zero-order chi connectivity index (χ0) is 18.8. The van der Waals surface area contributed by atoms with Gasteiger partial charge in [-0.25, -0.2) is 19.7 Å². The van der Waals surface area contributed by atoms with E-state index in [1.807, 2.05) is 31.2 Å². The lowest BCUT2D eigenvalue weighted by molar-refractivity contribution is 0.150. The van der Waals surface area contributed by atoms with Gasteiger partial charge in [0.1, 0.15) is 11.9 Å². The number of benzene rings is 1. The zero-order valence-corrected chi connectivity index (χ0v) is 15.2. The lowest BCUT2D eigenvalue weighted by Gasteiger charge is -2.13. The van der Waals surface area contributed by atoms with Crippen LogP contribution in [0.2, 0.25) is 5.02 Å². The second-order valence-corrected chi connectivity index (χ2v) is 6.54. The number of nitrogens with one attached hydrogen (secondary N) is 1. The van der Waals surface area contributed by atoms with Crippen LogP contribution in [0.3, 0.4) is 0 Å². The summed E-state index contributed by atoms with van der Waals surface area (Å²) < 4.78 is 5.17. The Labute approximate surface area is 161 Å². The number of anilines is 3. The Hall–Kier alpha value is -3.19. The van der Waals surface area contributed by atoms with E-state index in [9.17, 15) is 4.79 Å². The largest absolute Gasteiger partial charge is 0.444 e. The minimum atomic E-state index is -0.391. The molecule has 0 saturated carbocycles. The molecule has 0 radical (unpaired) electrons. The quantitative estimate of drug-likeness (QED) is 0.726. The van der Waals surface area contributed by atoms with Crippen LogP contribution in [0.25, 0.3) is 11.3 Å². The van der Waals surface area contributed by atoms with E-state index in [0.717, 1.165) is 11.3 Å². The average Bonchev–Trinajstić information content (AvgIpc) is 3.00. The summed E-state index contributed by atoms with van der Waals surface area (Å²) in [4.78, 5) is 26.5. The fourth-order valence-corrected chi connectivity index (χ4v) is 2.98. The van der Waals surface area contributed by atoms with Gasteiger partial charge in [-0.15, -0.1) is 0 Å². The molecular formula is C19H16ClN5O2. The summed E-state index contributed by atoms with van der Waals surface area (Å²) in [7, 11) is 0. The van der Waals surface area contributed by atoms with E-state index in [-0.39, 0.29) is 6.10 Å². The molecular weight excluding hydrogens is 366 g/mol. The molecule has 0 aliphatic carbocycles. The first-order valence-electron chi connectivity index (χ1n) is 8.39. The summed E-state index contributed by atoms with van der Waals surface area (Å²) in [6.07, 6.45) is 2.77. The van der Waals surface area contributed by atoms with Crippen molar-refractivity contribution < 1.29 is 9.53 Å². The first kappa shape index (κ1) is 17.2. The van der Waals surface area contributed by atoms with Crippen LogP contribution < -0.4 is 10.2 Å². The lowest BCUT2D eigenvalue weighted by Crippen LogP contribution is -2.25. The summed E-state index contributed by atoms with van der Waals surface area (Å²) >= 11 is 6.01. The van der Waals surface area contributed by atoms with Crippen LogP contribution >= 0.6 is 11.6 Å². The molecule has 2 aromatic heterocycles. The molecule has 1 aromatic carbocycles. The van der Waals surface area contributed by atoms with Gasteiger partial charge in [-0.05, 0) is 43.3 Å². The molecule has 1 unspecified atom stereocenters. The lowest BCUT2D eigenvalue weighted by atomic mass is 10.2. The van der Waals surface area contributed by atoms with Crippen LogP contribution in [0.4, 0.5) is 22.2 Å². The molecule has 7 nitrogen and oxygen atoms in total. The highest BCUT2D eigenvalue weighted by atomic mass is 35.5. The molecule has 1 fully saturated rings. The van der Waals surface area contributed by atoms with Crippen LogP contribution in [0.5, 0.6) is 0 Å². The van der Waals surface area contributed by atoms with Crippen molar-refractivity contribution in [2.75, 3.05) is 16.8 Å². The Morgan fingerprint density at radius 3 is 2.81 bits per heavy atom. The third kappa shape index (κ3) is 3.83. The number of halogens is 1. The number of nitrogens with zero attached hydrogens (tertiary/aromatic N) is 4. The van der Waals surface area contributed by atoms with Crippen LogP contribution in [-0.2, 0) is 4.74 Å². The molecule has 1 atom stereocenters. The maximum absolute atomic E-state index is 11.9. The fourth-order valence-electron chi connectivity index (χ4n) is 2.79. The molecule has 27 heavy (non-hydrogen) atoms. The number of rotatable bonds is 4. The van der Waals surface area contributed by atoms with Crippen LogP contribution in [0.1, 0.15) is 6.92 Å². The highest BCUT2D eigenvalue weighted by molar-refractivity contribution is 6.30. The third-order valence-corrected chi connectivity index (χ3v) is 4.25. The van der Waals surface area contributed by atoms with Gasteiger partial charge in [-0.3, -0.25) is 4.90 Å². The predicted molar refractivity (Wildman–Crippen MR) is 103 cm³/mol. The van der Waals surface area contributed by atoms with Gasteiger partial charge in [0.05, 0.1) is 12.2 Å². The standard InChI is InChI=1S/C19H16ClN5O2/c1-12-11-25(19(26)27-12)17-9-13(5-7-21-17)16-6-8-22-18(24-16)23-15-4-2-3-14(20)10-15/h2-10,12H,11H2,1H3,(H,22,23,24). The number of amides is 1. The number of carbonyl (C=O) groups excluding carboxylic acids is 1. The highest BCUT2D eigenvalue weighted by Gasteiger charge is 2.30. The van der Waals surface area contributed by atoms with Gasteiger partial charge in [-0.2, -0.15) is 0 Å². The van der Waals surface area contributed by atoms with Crippen molar-refractivity contribution >= 4 is 35.1 Å². The van der Waals surface area contributed by atoms with Gasteiger partial charge in [0.2, 0.25) is 5.95 Å². The van der Waals surface area contributed by atoms with Crippen molar-refractivity contribution in [2.24, 2.45) is 0 Å². The first-order chi connectivity index (χ1) is 13.1. The van der Waals surface area contributed by atoms with Gasteiger partial charge < -0.3 is 10.1 Å². The Balaban J connectivity index is 1.60. The molecule has 8 heteroatoms. The molecule has 1 amide bonds. The summed E-state index contributed by atoms with van der Waals surface area (Å²) in [5.74, 6) is 0.979. The topological polar surface area (TPSA) is 80.2 Å². The van der Waals surface area contributed by atoms with E-state index < -0.39 is 6.09 Å². The molecule has 1 N–H and O–H groups in total. The van der Waals surface area contributed by atoms with E-state index in [2.05, 4.69) is 20.3 Å². The van der Waals surface area contributed by atoms with E-state index in [0.29, 0.717) is 29.0 Å². The van der Waals surface area contributed by atoms with Crippen LogP contribution in [-0.4, -0.2) is 33.7 Å². The molecule has 1 aliphatic heterocycles. The third-order valence-electron chi connectivity index (χ3n) is 4.02. The molecule has 3 heterocycles. The number of hydrogen-bond acceptors (Lipinski definition) is 6.